The van der Waals surface area contributed by atoms with Crippen LogP contribution in [0, 0.1) is 0 Å². The van der Waals surface area contributed by atoms with Gasteiger partial charge in [-0.05, 0) is 25.5 Å². The van der Waals surface area contributed by atoms with Gasteiger partial charge in [0, 0.05) is 11.4 Å². The summed E-state index contributed by atoms with van der Waals surface area (Å²) in [5.41, 5.74) is 0.501. The van der Waals surface area contributed by atoms with Crippen LogP contribution in [-0.4, -0.2) is 30.4 Å². The zero-order chi connectivity index (χ0) is 13.4. The van der Waals surface area contributed by atoms with E-state index in [0.717, 1.165) is 0 Å². The van der Waals surface area contributed by atoms with Crippen molar-refractivity contribution >= 4 is 23.5 Å². The van der Waals surface area contributed by atoms with Gasteiger partial charge in [0.2, 0.25) is 0 Å². The lowest BCUT2D eigenvalue weighted by Crippen LogP contribution is -2.42. The van der Waals surface area contributed by atoms with Gasteiger partial charge in [0.05, 0.1) is 6.61 Å². The van der Waals surface area contributed by atoms with E-state index in [1.165, 1.54) is 0 Å². The Kier molecular flexibility index (Phi) is 6.22. The molecule has 0 unspecified atom stereocenters. The highest BCUT2D eigenvalue weighted by atomic mass is 35.5. The normalized spacial score (nSPS) is 11.7. The van der Waals surface area contributed by atoms with Crippen molar-refractivity contribution in [1.82, 2.24) is 5.32 Å². The fourth-order valence-electron chi connectivity index (χ4n) is 1.43. The molecule has 1 aromatic carbocycles. The highest BCUT2D eigenvalue weighted by Gasteiger charge is 2.21. The molecule has 0 aliphatic heterocycles. The molecule has 4 nitrogen and oxygen atoms in total. The van der Waals surface area contributed by atoms with Crippen molar-refractivity contribution in [2.24, 2.45) is 0 Å². The number of benzene rings is 1. The Morgan fingerprint density at radius 1 is 1.33 bits per heavy atom. The largest absolute Gasteiger partial charge is 0.464 e. The lowest BCUT2D eigenvalue weighted by atomic mass is 10.1. The maximum absolute atomic E-state index is 11.9. The van der Waals surface area contributed by atoms with Crippen molar-refractivity contribution in [3.63, 3.8) is 0 Å². The number of ether oxygens (including phenoxy) is 1. The first-order valence-electron chi connectivity index (χ1n) is 5.77. The second-order valence-electron chi connectivity index (χ2n) is 3.62. The third kappa shape index (κ3) is 4.37. The van der Waals surface area contributed by atoms with Crippen LogP contribution in [0.15, 0.2) is 30.3 Å². The molecule has 1 aromatic rings. The van der Waals surface area contributed by atoms with Gasteiger partial charge >= 0.3 is 5.97 Å². The van der Waals surface area contributed by atoms with Crippen molar-refractivity contribution in [2.75, 3.05) is 12.5 Å². The van der Waals surface area contributed by atoms with Gasteiger partial charge in [0.15, 0.2) is 0 Å². The van der Waals surface area contributed by atoms with Crippen LogP contribution in [-0.2, 0) is 9.53 Å². The number of nitrogens with one attached hydrogen (secondary N) is 1. The fraction of sp³-hybridized carbons (Fsp3) is 0.385. The van der Waals surface area contributed by atoms with E-state index < -0.39 is 12.0 Å². The van der Waals surface area contributed by atoms with E-state index in [-0.39, 0.29) is 18.4 Å². The summed E-state index contributed by atoms with van der Waals surface area (Å²) in [6.45, 7) is 1.99. The maximum atomic E-state index is 11.9. The number of esters is 1. The average Bonchev–Trinajstić information content (AvgIpc) is 2.39. The van der Waals surface area contributed by atoms with Gasteiger partial charge in [-0.25, -0.2) is 4.79 Å². The van der Waals surface area contributed by atoms with Crippen molar-refractivity contribution < 1.29 is 14.3 Å². The van der Waals surface area contributed by atoms with Gasteiger partial charge in [0.25, 0.3) is 5.91 Å². The topological polar surface area (TPSA) is 55.4 Å². The van der Waals surface area contributed by atoms with E-state index in [2.05, 4.69) is 5.32 Å². The summed E-state index contributed by atoms with van der Waals surface area (Å²) < 4.78 is 4.88. The molecule has 0 saturated carbocycles. The summed E-state index contributed by atoms with van der Waals surface area (Å²) in [5, 5.41) is 2.62. The minimum Gasteiger partial charge on any atom is -0.464 e. The number of hydrogen-bond acceptors (Lipinski definition) is 3. The van der Waals surface area contributed by atoms with Gasteiger partial charge in [0.1, 0.15) is 6.04 Å². The highest BCUT2D eigenvalue weighted by Crippen LogP contribution is 2.03. The minimum absolute atomic E-state index is 0.276. The van der Waals surface area contributed by atoms with Gasteiger partial charge in [-0.2, -0.15) is 0 Å². The summed E-state index contributed by atoms with van der Waals surface area (Å²) in [6.07, 6.45) is 0.346. The molecular weight excluding hydrogens is 254 g/mol. The number of carbonyl (C=O) groups is 2. The van der Waals surface area contributed by atoms with Crippen molar-refractivity contribution in [2.45, 2.75) is 19.4 Å². The number of amides is 1. The van der Waals surface area contributed by atoms with E-state index >= 15 is 0 Å². The Balaban J connectivity index is 2.66. The molecule has 1 atom stereocenters. The number of alkyl halides is 1. The molecule has 5 heteroatoms. The van der Waals surface area contributed by atoms with Crippen molar-refractivity contribution in [1.29, 1.82) is 0 Å². The van der Waals surface area contributed by atoms with Crippen LogP contribution in [0.4, 0.5) is 0 Å². The summed E-state index contributed by atoms with van der Waals surface area (Å²) in [5.74, 6) is -0.486. The van der Waals surface area contributed by atoms with Crippen LogP contribution in [0.3, 0.4) is 0 Å². The van der Waals surface area contributed by atoms with Crippen LogP contribution in [0.2, 0.25) is 0 Å². The zero-order valence-electron chi connectivity index (χ0n) is 10.2. The van der Waals surface area contributed by atoms with Crippen molar-refractivity contribution in [3.8, 4) is 0 Å². The third-order valence-electron chi connectivity index (χ3n) is 2.31. The first-order chi connectivity index (χ1) is 8.69. The zero-order valence-corrected chi connectivity index (χ0v) is 10.9. The van der Waals surface area contributed by atoms with Crippen LogP contribution in [0.5, 0.6) is 0 Å². The SMILES string of the molecule is CCOC(=O)[C@H](CCCl)NC(=O)c1ccccc1. The Labute approximate surface area is 111 Å². The molecule has 0 fully saturated rings. The molecular formula is C13H16ClNO3. The van der Waals surface area contributed by atoms with Gasteiger partial charge in [-0.3, -0.25) is 4.79 Å². The molecule has 0 heterocycles. The summed E-state index contributed by atoms with van der Waals surface area (Å²) in [6, 6.07) is 8.00. The molecule has 0 aliphatic carbocycles. The Hall–Kier alpha value is -1.55. The maximum Gasteiger partial charge on any atom is 0.328 e. The standard InChI is InChI=1S/C13H16ClNO3/c1-2-18-13(17)11(8-9-14)15-12(16)10-6-4-3-5-7-10/h3-7,11H,2,8-9H2,1H3,(H,15,16)/t11-/m0/s1. The average molecular weight is 270 g/mol. The third-order valence-corrected chi connectivity index (χ3v) is 2.53. The summed E-state index contributed by atoms with van der Waals surface area (Å²) in [4.78, 5) is 23.5. The van der Waals surface area contributed by atoms with Gasteiger partial charge in [-0.1, -0.05) is 18.2 Å². The second-order valence-corrected chi connectivity index (χ2v) is 4.00. The van der Waals surface area contributed by atoms with E-state index in [1.807, 2.05) is 6.07 Å². The van der Waals surface area contributed by atoms with Crippen LogP contribution < -0.4 is 5.32 Å². The number of halogens is 1. The number of hydrogen-bond donors (Lipinski definition) is 1. The summed E-state index contributed by atoms with van der Waals surface area (Å²) >= 11 is 5.61. The Bertz CT molecular complexity index is 394. The minimum atomic E-state index is -0.699. The van der Waals surface area contributed by atoms with Gasteiger partial charge < -0.3 is 10.1 Å². The number of rotatable bonds is 6. The quantitative estimate of drug-likeness (QED) is 0.635. The lowest BCUT2D eigenvalue weighted by Gasteiger charge is -2.16. The lowest BCUT2D eigenvalue weighted by molar-refractivity contribution is -0.145. The molecule has 18 heavy (non-hydrogen) atoms. The molecule has 0 radical (unpaired) electrons. The monoisotopic (exact) mass is 269 g/mol. The predicted molar refractivity (Wildman–Crippen MR) is 69.7 cm³/mol. The second kappa shape index (κ2) is 7.71. The predicted octanol–water partition coefficient (Wildman–Crippen LogP) is 1.98. The molecule has 0 saturated heterocycles. The molecule has 0 spiro atoms. The highest BCUT2D eigenvalue weighted by molar-refractivity contribution is 6.18. The van der Waals surface area contributed by atoms with E-state index in [4.69, 9.17) is 16.3 Å². The molecule has 1 amide bonds. The number of carbonyl (C=O) groups excluding carboxylic acids is 2. The Morgan fingerprint density at radius 3 is 2.56 bits per heavy atom. The van der Waals surface area contributed by atoms with Crippen LogP contribution in [0.1, 0.15) is 23.7 Å². The van der Waals surface area contributed by atoms with E-state index in [0.29, 0.717) is 12.0 Å². The van der Waals surface area contributed by atoms with E-state index in [1.54, 1.807) is 31.2 Å². The molecule has 0 aliphatic rings. The smallest absolute Gasteiger partial charge is 0.328 e. The molecule has 98 valence electrons. The molecule has 0 bridgehead atoms. The van der Waals surface area contributed by atoms with Crippen molar-refractivity contribution in [3.05, 3.63) is 35.9 Å². The Morgan fingerprint density at radius 2 is 2.00 bits per heavy atom. The first kappa shape index (κ1) is 14.5. The molecule has 0 aromatic heterocycles. The van der Waals surface area contributed by atoms with E-state index in [9.17, 15) is 9.59 Å². The first-order valence-corrected chi connectivity index (χ1v) is 6.31. The summed E-state index contributed by atoms with van der Waals surface area (Å²) in [7, 11) is 0. The van der Waals surface area contributed by atoms with Crippen LogP contribution >= 0.6 is 11.6 Å². The molecule has 1 rings (SSSR count). The fourth-order valence-corrected chi connectivity index (χ4v) is 1.65. The molecule has 1 N–H and O–H groups in total. The van der Waals surface area contributed by atoms with Gasteiger partial charge in [-0.15, -0.1) is 11.6 Å². The van der Waals surface area contributed by atoms with Crippen LogP contribution in [0.25, 0.3) is 0 Å².